The first kappa shape index (κ1) is 18.1. The molecule has 0 bridgehead atoms. The van der Waals surface area contributed by atoms with Gasteiger partial charge in [-0.05, 0) is 29.8 Å². The smallest absolute Gasteiger partial charge is 0.251 e. The van der Waals surface area contributed by atoms with Crippen LogP contribution in [0.25, 0.3) is 0 Å². The van der Waals surface area contributed by atoms with Gasteiger partial charge in [-0.2, -0.15) is 5.26 Å². The van der Waals surface area contributed by atoms with Gasteiger partial charge >= 0.3 is 0 Å². The molecule has 3 atom stereocenters. The summed E-state index contributed by atoms with van der Waals surface area (Å²) in [7, 11) is 0. The molecule has 2 aromatic carbocycles. The summed E-state index contributed by atoms with van der Waals surface area (Å²) < 4.78 is 5.62. The summed E-state index contributed by atoms with van der Waals surface area (Å²) in [5.74, 6) is -0.189. The van der Waals surface area contributed by atoms with E-state index in [1.54, 1.807) is 30.3 Å². The molecule has 2 aromatic rings. The van der Waals surface area contributed by atoms with Crippen molar-refractivity contribution in [2.24, 2.45) is 0 Å². The molecule has 1 aliphatic rings. The van der Waals surface area contributed by atoms with E-state index in [2.05, 4.69) is 16.7 Å². The summed E-state index contributed by atoms with van der Waals surface area (Å²) in [6.07, 6.45) is -1.17. The van der Waals surface area contributed by atoms with Crippen molar-refractivity contribution in [3.63, 3.8) is 0 Å². The van der Waals surface area contributed by atoms with Crippen LogP contribution in [-0.2, 0) is 11.3 Å². The molecule has 0 aromatic heterocycles. The van der Waals surface area contributed by atoms with Crippen molar-refractivity contribution in [2.45, 2.75) is 24.8 Å². The molecule has 0 unspecified atom stereocenters. The molecule has 1 heterocycles. The molecule has 134 valence electrons. The Kier molecular flexibility index (Phi) is 5.97. The number of hydrogen-bond acceptors (Lipinski definition) is 5. The van der Waals surface area contributed by atoms with Gasteiger partial charge in [0.05, 0.1) is 30.4 Å². The molecule has 1 saturated heterocycles. The van der Waals surface area contributed by atoms with E-state index in [4.69, 9.17) is 10.00 Å². The Morgan fingerprint density at radius 3 is 2.81 bits per heavy atom. The van der Waals surface area contributed by atoms with E-state index in [-0.39, 0.29) is 18.5 Å². The lowest BCUT2D eigenvalue weighted by Gasteiger charge is -2.19. The molecule has 0 aliphatic carbocycles. The van der Waals surface area contributed by atoms with E-state index < -0.39 is 12.2 Å². The summed E-state index contributed by atoms with van der Waals surface area (Å²) in [5.41, 5.74) is 2.15. The van der Waals surface area contributed by atoms with Crippen LogP contribution >= 0.6 is 0 Å². The number of carbonyl (C=O) groups is 1. The van der Waals surface area contributed by atoms with Crippen LogP contribution in [-0.4, -0.2) is 42.4 Å². The number of nitrogens with zero attached hydrogens (tertiary/aromatic N) is 1. The normalized spacial score (nSPS) is 21.9. The van der Waals surface area contributed by atoms with Crippen LogP contribution in [0.5, 0.6) is 0 Å². The lowest BCUT2D eigenvalue weighted by atomic mass is 10.1. The summed E-state index contributed by atoms with van der Waals surface area (Å²) >= 11 is 0. The summed E-state index contributed by atoms with van der Waals surface area (Å²) in [4.78, 5) is 12.1. The maximum absolute atomic E-state index is 12.1. The van der Waals surface area contributed by atoms with Crippen LogP contribution in [0.4, 0.5) is 0 Å². The van der Waals surface area contributed by atoms with Gasteiger partial charge in [0.15, 0.2) is 0 Å². The number of aliphatic hydroxyl groups is 1. The van der Waals surface area contributed by atoms with Crippen molar-refractivity contribution in [1.82, 2.24) is 10.6 Å². The van der Waals surface area contributed by atoms with Crippen molar-refractivity contribution in [2.75, 3.05) is 13.2 Å². The highest BCUT2D eigenvalue weighted by atomic mass is 16.5. The third kappa shape index (κ3) is 4.46. The van der Waals surface area contributed by atoms with Gasteiger partial charge in [0.1, 0.15) is 6.10 Å². The molecule has 6 heteroatoms. The molecule has 0 spiro atoms. The topological polar surface area (TPSA) is 94.4 Å². The van der Waals surface area contributed by atoms with Crippen LogP contribution < -0.4 is 10.6 Å². The van der Waals surface area contributed by atoms with Gasteiger partial charge in [-0.25, -0.2) is 0 Å². The van der Waals surface area contributed by atoms with E-state index in [0.29, 0.717) is 24.3 Å². The fraction of sp³-hybridized carbons (Fsp3) is 0.300. The first-order valence-corrected chi connectivity index (χ1v) is 8.52. The third-order valence-corrected chi connectivity index (χ3v) is 4.41. The van der Waals surface area contributed by atoms with Gasteiger partial charge in [-0.1, -0.05) is 30.3 Å². The number of hydrogen-bond donors (Lipinski definition) is 3. The second kappa shape index (κ2) is 8.59. The van der Waals surface area contributed by atoms with Crippen molar-refractivity contribution in [3.8, 4) is 6.07 Å². The molecule has 6 nitrogen and oxygen atoms in total. The lowest BCUT2D eigenvalue weighted by molar-refractivity contribution is 0.0398. The maximum atomic E-state index is 12.1. The highest BCUT2D eigenvalue weighted by Gasteiger charge is 2.35. The molecule has 3 N–H and O–H groups in total. The lowest BCUT2D eigenvalue weighted by Crippen LogP contribution is -2.44. The highest BCUT2D eigenvalue weighted by Crippen LogP contribution is 2.15. The molecular formula is C20H21N3O3. The molecule has 1 fully saturated rings. The van der Waals surface area contributed by atoms with E-state index in [1.807, 2.05) is 24.3 Å². The van der Waals surface area contributed by atoms with Gasteiger partial charge in [-0.3, -0.25) is 4.79 Å². The Hall–Kier alpha value is -2.72. The number of ether oxygens (including phenoxy) is 1. The first-order valence-electron chi connectivity index (χ1n) is 8.52. The fourth-order valence-corrected chi connectivity index (χ4v) is 2.93. The zero-order chi connectivity index (χ0) is 18.4. The van der Waals surface area contributed by atoms with Gasteiger partial charge in [-0.15, -0.1) is 0 Å². The molecule has 0 radical (unpaired) electrons. The van der Waals surface area contributed by atoms with Crippen molar-refractivity contribution in [3.05, 3.63) is 71.3 Å². The molecule has 3 rings (SSSR count). The number of nitriles is 1. The number of rotatable bonds is 6. The van der Waals surface area contributed by atoms with Crippen molar-refractivity contribution in [1.29, 1.82) is 5.26 Å². The van der Waals surface area contributed by atoms with Gasteiger partial charge in [0.2, 0.25) is 0 Å². The average Bonchev–Trinajstić information content (AvgIpc) is 3.05. The maximum Gasteiger partial charge on any atom is 0.251 e. The Morgan fingerprint density at radius 2 is 2.04 bits per heavy atom. The minimum Gasteiger partial charge on any atom is -0.389 e. The summed E-state index contributed by atoms with van der Waals surface area (Å²) in [6.45, 7) is 1.14. The number of nitrogens with one attached hydrogen (secondary N) is 2. The minimum absolute atomic E-state index is 0.189. The standard InChI is InChI=1S/C20H21N3O3/c21-10-14-5-4-6-15(9-14)11-22-17-13-26-18(19(17)24)12-23-20(25)16-7-2-1-3-8-16/h1-9,17-19,22,24H,11-13H2,(H,23,25)/t17-,18-,19+/m1/s1. The summed E-state index contributed by atoms with van der Waals surface area (Å²) in [6, 6.07) is 18.1. The number of aliphatic hydroxyl groups excluding tert-OH is 1. The first-order chi connectivity index (χ1) is 12.7. The quantitative estimate of drug-likeness (QED) is 0.727. The second-order valence-electron chi connectivity index (χ2n) is 6.24. The number of amides is 1. The van der Waals surface area contributed by atoms with Crippen LogP contribution in [0.2, 0.25) is 0 Å². The Labute approximate surface area is 152 Å². The van der Waals surface area contributed by atoms with Gasteiger partial charge in [0.25, 0.3) is 5.91 Å². The molecule has 0 saturated carbocycles. The van der Waals surface area contributed by atoms with Gasteiger partial charge < -0.3 is 20.5 Å². The van der Waals surface area contributed by atoms with Crippen molar-refractivity contribution < 1.29 is 14.6 Å². The third-order valence-electron chi connectivity index (χ3n) is 4.41. The molecular weight excluding hydrogens is 330 g/mol. The largest absolute Gasteiger partial charge is 0.389 e. The molecule has 1 amide bonds. The SMILES string of the molecule is N#Cc1cccc(CN[C@@H]2CO[C@H](CNC(=O)c3ccccc3)[C@H]2O)c1. The number of benzene rings is 2. The fourth-order valence-electron chi connectivity index (χ4n) is 2.93. The Bertz CT molecular complexity index is 788. The number of carbonyl (C=O) groups excluding carboxylic acids is 1. The minimum atomic E-state index is -0.717. The van der Waals surface area contributed by atoms with E-state index >= 15 is 0 Å². The van der Waals surface area contributed by atoms with E-state index in [0.717, 1.165) is 5.56 Å². The van der Waals surface area contributed by atoms with Crippen LogP contribution in [0, 0.1) is 11.3 Å². The highest BCUT2D eigenvalue weighted by molar-refractivity contribution is 5.94. The predicted molar refractivity (Wildman–Crippen MR) is 96.3 cm³/mol. The van der Waals surface area contributed by atoms with E-state index in [1.165, 1.54) is 0 Å². The second-order valence-corrected chi connectivity index (χ2v) is 6.24. The average molecular weight is 351 g/mol. The van der Waals surface area contributed by atoms with E-state index in [9.17, 15) is 9.90 Å². The van der Waals surface area contributed by atoms with Crippen LogP contribution in [0.1, 0.15) is 21.5 Å². The molecule has 1 aliphatic heterocycles. The molecule has 26 heavy (non-hydrogen) atoms. The monoisotopic (exact) mass is 351 g/mol. The Balaban J connectivity index is 1.47. The van der Waals surface area contributed by atoms with Gasteiger partial charge in [0, 0.05) is 18.7 Å². The zero-order valence-electron chi connectivity index (χ0n) is 14.3. The van der Waals surface area contributed by atoms with Crippen molar-refractivity contribution >= 4 is 5.91 Å². The van der Waals surface area contributed by atoms with Crippen LogP contribution in [0.3, 0.4) is 0 Å². The zero-order valence-corrected chi connectivity index (χ0v) is 14.3. The van der Waals surface area contributed by atoms with Crippen LogP contribution in [0.15, 0.2) is 54.6 Å². The Morgan fingerprint density at radius 1 is 1.23 bits per heavy atom. The predicted octanol–water partition coefficient (Wildman–Crippen LogP) is 1.21. The summed E-state index contributed by atoms with van der Waals surface area (Å²) in [5, 5.41) is 25.4.